The van der Waals surface area contributed by atoms with E-state index < -0.39 is 5.97 Å². The van der Waals surface area contributed by atoms with Crippen LogP contribution in [0.2, 0.25) is 5.02 Å². The van der Waals surface area contributed by atoms with Crippen molar-refractivity contribution in [2.75, 3.05) is 6.54 Å². The summed E-state index contributed by atoms with van der Waals surface area (Å²) in [5.41, 5.74) is 1.08. The number of hydrogen-bond acceptors (Lipinski definition) is 2. The van der Waals surface area contributed by atoms with E-state index in [1.807, 2.05) is 23.1 Å². The average Bonchev–Trinajstić information content (AvgIpc) is 2.34. The highest BCUT2D eigenvalue weighted by atomic mass is 79.9. The zero-order valence-corrected chi connectivity index (χ0v) is 12.2. The first-order chi connectivity index (χ1) is 8.58. The SMILES string of the molecule is O=C(O)C1CCCCN1Cc1ccc(Cl)c(Br)c1. The summed E-state index contributed by atoms with van der Waals surface area (Å²) in [6.07, 6.45) is 2.81. The molecule has 5 heteroatoms. The largest absolute Gasteiger partial charge is 0.480 e. The molecule has 1 N–H and O–H groups in total. The van der Waals surface area contributed by atoms with Gasteiger partial charge in [-0.25, -0.2) is 0 Å². The van der Waals surface area contributed by atoms with Gasteiger partial charge in [-0.1, -0.05) is 24.1 Å². The Labute approximate surface area is 120 Å². The van der Waals surface area contributed by atoms with Crippen LogP contribution in [0.3, 0.4) is 0 Å². The number of piperidine rings is 1. The van der Waals surface area contributed by atoms with E-state index in [0.717, 1.165) is 35.8 Å². The minimum atomic E-state index is -0.720. The molecule has 1 heterocycles. The second-order valence-electron chi connectivity index (χ2n) is 4.57. The first kappa shape index (κ1) is 13.8. The van der Waals surface area contributed by atoms with E-state index in [1.165, 1.54) is 0 Å². The van der Waals surface area contributed by atoms with Crippen molar-refractivity contribution in [2.24, 2.45) is 0 Å². The van der Waals surface area contributed by atoms with Crippen molar-refractivity contribution in [3.05, 3.63) is 33.3 Å². The Morgan fingerprint density at radius 1 is 1.50 bits per heavy atom. The molecule has 1 aliphatic heterocycles. The van der Waals surface area contributed by atoms with Crippen LogP contribution in [0.1, 0.15) is 24.8 Å². The van der Waals surface area contributed by atoms with Gasteiger partial charge in [0, 0.05) is 11.0 Å². The molecule has 98 valence electrons. The normalized spacial score (nSPS) is 20.9. The van der Waals surface area contributed by atoms with E-state index in [2.05, 4.69) is 15.9 Å². The van der Waals surface area contributed by atoms with E-state index in [1.54, 1.807) is 0 Å². The number of hydrogen-bond donors (Lipinski definition) is 1. The molecule has 18 heavy (non-hydrogen) atoms. The van der Waals surface area contributed by atoms with E-state index >= 15 is 0 Å². The fourth-order valence-electron chi connectivity index (χ4n) is 2.33. The van der Waals surface area contributed by atoms with Gasteiger partial charge in [0.05, 0.1) is 5.02 Å². The van der Waals surface area contributed by atoms with Gasteiger partial charge in [0.15, 0.2) is 0 Å². The van der Waals surface area contributed by atoms with Crippen LogP contribution >= 0.6 is 27.5 Å². The Kier molecular flexibility index (Phi) is 4.65. The second-order valence-corrected chi connectivity index (χ2v) is 5.83. The summed E-state index contributed by atoms with van der Waals surface area (Å²) in [6, 6.07) is 5.38. The number of halogens is 2. The van der Waals surface area contributed by atoms with Crippen molar-refractivity contribution in [1.82, 2.24) is 4.90 Å². The van der Waals surface area contributed by atoms with E-state index in [0.29, 0.717) is 11.6 Å². The van der Waals surface area contributed by atoms with E-state index in [9.17, 15) is 9.90 Å². The average molecular weight is 333 g/mol. The van der Waals surface area contributed by atoms with Crippen LogP contribution in [0.5, 0.6) is 0 Å². The fraction of sp³-hybridized carbons (Fsp3) is 0.462. The number of carbonyl (C=O) groups is 1. The molecule has 1 aromatic rings. The van der Waals surface area contributed by atoms with Crippen molar-refractivity contribution in [3.8, 4) is 0 Å². The lowest BCUT2D eigenvalue weighted by atomic mass is 10.0. The topological polar surface area (TPSA) is 40.5 Å². The maximum atomic E-state index is 11.2. The first-order valence-electron chi connectivity index (χ1n) is 5.98. The van der Waals surface area contributed by atoms with Gasteiger partial charge < -0.3 is 5.11 Å². The minimum absolute atomic E-state index is 0.354. The number of carboxylic acid groups (broad SMARTS) is 1. The molecule has 0 radical (unpaired) electrons. The van der Waals surface area contributed by atoms with Crippen LogP contribution in [0.15, 0.2) is 22.7 Å². The highest BCUT2D eigenvalue weighted by Gasteiger charge is 2.28. The molecular formula is C13H15BrClNO2. The summed E-state index contributed by atoms with van der Waals surface area (Å²) in [6.45, 7) is 1.50. The molecule has 0 aliphatic carbocycles. The molecular weight excluding hydrogens is 318 g/mol. The Morgan fingerprint density at radius 3 is 2.94 bits per heavy atom. The van der Waals surface area contributed by atoms with Crippen molar-refractivity contribution in [2.45, 2.75) is 31.8 Å². The molecule has 1 fully saturated rings. The third-order valence-corrected chi connectivity index (χ3v) is 4.48. The van der Waals surface area contributed by atoms with Crippen LogP contribution in [-0.4, -0.2) is 28.6 Å². The molecule has 2 rings (SSSR count). The summed E-state index contributed by atoms with van der Waals surface area (Å²) >= 11 is 9.34. The third kappa shape index (κ3) is 3.25. The predicted molar refractivity (Wildman–Crippen MR) is 74.8 cm³/mol. The Morgan fingerprint density at radius 2 is 2.28 bits per heavy atom. The van der Waals surface area contributed by atoms with Crippen molar-refractivity contribution in [1.29, 1.82) is 0 Å². The molecule has 0 spiro atoms. The van der Waals surface area contributed by atoms with Crippen LogP contribution in [0.4, 0.5) is 0 Å². The zero-order chi connectivity index (χ0) is 13.1. The molecule has 1 aromatic carbocycles. The Bertz CT molecular complexity index is 453. The highest BCUT2D eigenvalue weighted by molar-refractivity contribution is 9.10. The number of nitrogens with zero attached hydrogens (tertiary/aromatic N) is 1. The second kappa shape index (κ2) is 6.04. The number of carboxylic acids is 1. The monoisotopic (exact) mass is 331 g/mol. The molecule has 1 aliphatic rings. The van der Waals surface area contributed by atoms with Crippen molar-refractivity contribution < 1.29 is 9.90 Å². The maximum absolute atomic E-state index is 11.2. The summed E-state index contributed by atoms with van der Waals surface area (Å²) in [5, 5.41) is 9.89. The zero-order valence-electron chi connectivity index (χ0n) is 9.90. The summed E-state index contributed by atoms with van der Waals surface area (Å²) in [7, 11) is 0. The summed E-state index contributed by atoms with van der Waals surface area (Å²) in [5.74, 6) is -0.720. The van der Waals surface area contributed by atoms with Crippen LogP contribution in [0.25, 0.3) is 0 Å². The van der Waals surface area contributed by atoms with Gasteiger partial charge in [-0.05, 0) is 53.0 Å². The van der Waals surface area contributed by atoms with Gasteiger partial charge in [-0.3, -0.25) is 9.69 Å². The predicted octanol–water partition coefficient (Wildman–Crippen LogP) is 3.54. The molecule has 0 saturated carbocycles. The molecule has 1 atom stereocenters. The lowest BCUT2D eigenvalue weighted by Crippen LogP contribution is -2.43. The highest BCUT2D eigenvalue weighted by Crippen LogP contribution is 2.25. The number of benzene rings is 1. The number of likely N-dealkylation sites (tertiary alicyclic amines) is 1. The van der Waals surface area contributed by atoms with E-state index in [4.69, 9.17) is 11.6 Å². The van der Waals surface area contributed by atoms with Crippen LogP contribution < -0.4 is 0 Å². The minimum Gasteiger partial charge on any atom is -0.480 e. The maximum Gasteiger partial charge on any atom is 0.320 e. The molecule has 0 amide bonds. The fourth-order valence-corrected chi connectivity index (χ4v) is 2.88. The van der Waals surface area contributed by atoms with Crippen LogP contribution in [-0.2, 0) is 11.3 Å². The number of aliphatic carboxylic acids is 1. The summed E-state index contributed by atoms with van der Waals surface area (Å²) in [4.78, 5) is 13.2. The third-order valence-electron chi connectivity index (χ3n) is 3.27. The van der Waals surface area contributed by atoms with E-state index in [-0.39, 0.29) is 6.04 Å². The lowest BCUT2D eigenvalue weighted by Gasteiger charge is -2.32. The molecule has 3 nitrogen and oxygen atoms in total. The standard InChI is InChI=1S/C13H15BrClNO2/c14-10-7-9(4-5-11(10)15)8-16-6-2-1-3-12(16)13(17)18/h4-5,7,12H,1-3,6,8H2,(H,17,18). The van der Waals surface area contributed by atoms with Gasteiger partial charge in [-0.2, -0.15) is 0 Å². The quantitative estimate of drug-likeness (QED) is 0.920. The molecule has 0 aromatic heterocycles. The summed E-state index contributed by atoms with van der Waals surface area (Å²) < 4.78 is 0.852. The van der Waals surface area contributed by atoms with Gasteiger partial charge in [0.2, 0.25) is 0 Å². The molecule has 1 unspecified atom stereocenters. The first-order valence-corrected chi connectivity index (χ1v) is 7.16. The van der Waals surface area contributed by atoms with Gasteiger partial charge in [0.25, 0.3) is 0 Å². The molecule has 0 bridgehead atoms. The smallest absolute Gasteiger partial charge is 0.320 e. The Hall–Kier alpha value is -0.580. The number of rotatable bonds is 3. The Balaban J connectivity index is 2.10. The lowest BCUT2D eigenvalue weighted by molar-refractivity contribution is -0.144. The van der Waals surface area contributed by atoms with Gasteiger partial charge in [0.1, 0.15) is 6.04 Å². The van der Waals surface area contributed by atoms with Crippen molar-refractivity contribution in [3.63, 3.8) is 0 Å². The van der Waals surface area contributed by atoms with Crippen LogP contribution in [0, 0.1) is 0 Å². The van der Waals surface area contributed by atoms with Gasteiger partial charge >= 0.3 is 5.97 Å². The molecule has 1 saturated heterocycles. The van der Waals surface area contributed by atoms with Gasteiger partial charge in [-0.15, -0.1) is 0 Å². The van der Waals surface area contributed by atoms with Crippen molar-refractivity contribution >= 4 is 33.5 Å².